The summed E-state index contributed by atoms with van der Waals surface area (Å²) in [5.74, 6) is 1.06. The summed E-state index contributed by atoms with van der Waals surface area (Å²) in [6, 6.07) is 7.25. The number of nitrogens with one attached hydrogen (secondary N) is 1. The molecule has 4 heteroatoms. The molecule has 1 aromatic carbocycles. The van der Waals surface area contributed by atoms with Crippen molar-refractivity contribution in [2.75, 3.05) is 5.75 Å². The Kier molecular flexibility index (Phi) is 5.19. The first-order valence-electron chi connectivity index (χ1n) is 5.29. The van der Waals surface area contributed by atoms with Crippen molar-refractivity contribution in [3.05, 3.63) is 24.3 Å². The van der Waals surface area contributed by atoms with Crippen molar-refractivity contribution in [2.24, 2.45) is 0 Å². The van der Waals surface area contributed by atoms with E-state index >= 15 is 0 Å². The van der Waals surface area contributed by atoms with E-state index < -0.39 is 0 Å². The lowest BCUT2D eigenvalue weighted by Gasteiger charge is -2.07. The van der Waals surface area contributed by atoms with Crippen LogP contribution < -0.4 is 5.32 Å². The largest absolute Gasteiger partial charge is 0.508 e. The summed E-state index contributed by atoms with van der Waals surface area (Å²) in [6.07, 6.45) is 0.499. The fourth-order valence-electron chi connectivity index (χ4n) is 1.23. The Morgan fingerprint density at radius 1 is 1.50 bits per heavy atom. The number of hydrogen-bond acceptors (Lipinski definition) is 3. The van der Waals surface area contributed by atoms with Gasteiger partial charge in [0.25, 0.3) is 0 Å². The summed E-state index contributed by atoms with van der Waals surface area (Å²) in [5.41, 5.74) is 0. The maximum absolute atomic E-state index is 11.3. The van der Waals surface area contributed by atoms with E-state index in [4.69, 9.17) is 0 Å². The molecule has 1 amide bonds. The summed E-state index contributed by atoms with van der Waals surface area (Å²) in [5, 5.41) is 12.1. The van der Waals surface area contributed by atoms with Crippen LogP contribution in [-0.2, 0) is 4.79 Å². The second kappa shape index (κ2) is 6.43. The molecule has 0 atom stereocenters. The van der Waals surface area contributed by atoms with Gasteiger partial charge in [0.15, 0.2) is 0 Å². The van der Waals surface area contributed by atoms with Crippen LogP contribution >= 0.6 is 11.8 Å². The van der Waals surface area contributed by atoms with Crippen LogP contribution in [0.25, 0.3) is 0 Å². The first kappa shape index (κ1) is 12.9. The van der Waals surface area contributed by atoms with Crippen molar-refractivity contribution < 1.29 is 9.90 Å². The van der Waals surface area contributed by atoms with Crippen LogP contribution in [0.15, 0.2) is 29.2 Å². The molecular weight excluding hydrogens is 222 g/mol. The van der Waals surface area contributed by atoms with E-state index in [2.05, 4.69) is 5.32 Å². The Balaban J connectivity index is 2.28. The van der Waals surface area contributed by atoms with E-state index in [0.29, 0.717) is 6.42 Å². The Labute approximate surface area is 100 Å². The molecule has 0 aliphatic carbocycles. The molecule has 88 valence electrons. The molecule has 0 spiro atoms. The van der Waals surface area contributed by atoms with E-state index in [1.165, 1.54) is 0 Å². The summed E-state index contributed by atoms with van der Waals surface area (Å²) in [7, 11) is 0. The molecule has 2 N–H and O–H groups in total. The molecule has 0 aromatic heterocycles. The average molecular weight is 239 g/mol. The third-order valence-corrected chi connectivity index (χ3v) is 2.86. The zero-order valence-electron chi connectivity index (χ0n) is 9.56. The highest BCUT2D eigenvalue weighted by molar-refractivity contribution is 7.99. The van der Waals surface area contributed by atoms with Crippen molar-refractivity contribution >= 4 is 17.7 Å². The number of benzene rings is 1. The Hall–Kier alpha value is -1.16. The summed E-state index contributed by atoms with van der Waals surface area (Å²) >= 11 is 1.57. The molecule has 0 bridgehead atoms. The number of aromatic hydroxyl groups is 1. The molecule has 16 heavy (non-hydrogen) atoms. The van der Waals surface area contributed by atoms with Crippen LogP contribution in [0, 0.1) is 0 Å². The molecule has 0 aliphatic rings. The molecule has 1 aromatic rings. The minimum Gasteiger partial charge on any atom is -0.508 e. The smallest absolute Gasteiger partial charge is 0.221 e. The maximum atomic E-state index is 11.3. The Morgan fingerprint density at radius 3 is 2.88 bits per heavy atom. The van der Waals surface area contributed by atoms with Gasteiger partial charge in [0.2, 0.25) is 5.91 Å². The molecular formula is C12H17NO2S. The highest BCUT2D eigenvalue weighted by Gasteiger charge is 2.03. The molecule has 0 fully saturated rings. The van der Waals surface area contributed by atoms with Crippen molar-refractivity contribution in [2.45, 2.75) is 31.2 Å². The third-order valence-electron chi connectivity index (χ3n) is 1.87. The average Bonchev–Trinajstić information content (AvgIpc) is 2.16. The van der Waals surface area contributed by atoms with Crippen molar-refractivity contribution in [3.63, 3.8) is 0 Å². The first-order chi connectivity index (χ1) is 7.58. The van der Waals surface area contributed by atoms with Gasteiger partial charge in [-0.25, -0.2) is 0 Å². The van der Waals surface area contributed by atoms with Gasteiger partial charge in [-0.2, -0.15) is 0 Å². The predicted molar refractivity (Wildman–Crippen MR) is 66.7 cm³/mol. The van der Waals surface area contributed by atoms with Gasteiger partial charge in [0, 0.05) is 23.1 Å². The van der Waals surface area contributed by atoms with Gasteiger partial charge >= 0.3 is 0 Å². The SMILES string of the molecule is CC(C)NC(=O)CCSc1cccc(O)c1. The van der Waals surface area contributed by atoms with Crippen LogP contribution in [-0.4, -0.2) is 22.8 Å². The molecule has 3 nitrogen and oxygen atoms in total. The van der Waals surface area contributed by atoms with Crippen molar-refractivity contribution in [1.29, 1.82) is 0 Å². The van der Waals surface area contributed by atoms with Crippen molar-refractivity contribution in [1.82, 2.24) is 5.32 Å². The first-order valence-corrected chi connectivity index (χ1v) is 6.27. The number of hydrogen-bond donors (Lipinski definition) is 2. The molecule has 1 rings (SSSR count). The molecule has 0 aliphatic heterocycles. The zero-order chi connectivity index (χ0) is 12.0. The summed E-state index contributed by atoms with van der Waals surface area (Å²) in [4.78, 5) is 12.3. The van der Waals surface area contributed by atoms with Crippen LogP contribution in [0.5, 0.6) is 5.75 Å². The van der Waals surface area contributed by atoms with Crippen molar-refractivity contribution in [3.8, 4) is 5.75 Å². The highest BCUT2D eigenvalue weighted by Crippen LogP contribution is 2.22. The van der Waals surface area contributed by atoms with Gasteiger partial charge < -0.3 is 10.4 Å². The third kappa shape index (κ3) is 5.07. The van der Waals surface area contributed by atoms with Crippen LogP contribution in [0.1, 0.15) is 20.3 Å². The van der Waals surface area contributed by atoms with E-state index in [9.17, 15) is 9.90 Å². The minimum atomic E-state index is 0.0719. The van der Waals surface area contributed by atoms with Gasteiger partial charge in [0.05, 0.1) is 0 Å². The fraction of sp³-hybridized carbons (Fsp3) is 0.417. The maximum Gasteiger partial charge on any atom is 0.221 e. The van der Waals surface area contributed by atoms with E-state index in [-0.39, 0.29) is 17.7 Å². The molecule has 0 saturated heterocycles. The number of carbonyl (C=O) groups excluding carboxylic acids is 1. The lowest BCUT2D eigenvalue weighted by molar-refractivity contribution is -0.121. The van der Waals surface area contributed by atoms with Gasteiger partial charge in [-0.3, -0.25) is 4.79 Å². The number of rotatable bonds is 5. The zero-order valence-corrected chi connectivity index (χ0v) is 10.4. The van der Waals surface area contributed by atoms with Crippen LogP contribution in [0.3, 0.4) is 0 Å². The second-order valence-electron chi connectivity index (χ2n) is 3.82. The lowest BCUT2D eigenvalue weighted by Crippen LogP contribution is -2.30. The van der Waals surface area contributed by atoms with E-state index in [0.717, 1.165) is 10.6 Å². The number of thioether (sulfide) groups is 1. The summed E-state index contributed by atoms with van der Waals surface area (Å²) < 4.78 is 0. The highest BCUT2D eigenvalue weighted by atomic mass is 32.2. The number of amides is 1. The van der Waals surface area contributed by atoms with Crippen LogP contribution in [0.2, 0.25) is 0 Å². The molecule has 0 radical (unpaired) electrons. The molecule has 0 unspecified atom stereocenters. The number of carbonyl (C=O) groups is 1. The fourth-order valence-corrected chi connectivity index (χ4v) is 2.13. The summed E-state index contributed by atoms with van der Waals surface area (Å²) in [6.45, 7) is 3.89. The quantitative estimate of drug-likeness (QED) is 0.776. The van der Waals surface area contributed by atoms with Gasteiger partial charge in [-0.15, -0.1) is 11.8 Å². The normalized spacial score (nSPS) is 10.4. The Bertz CT molecular complexity index is 353. The standard InChI is InChI=1S/C12H17NO2S/c1-9(2)13-12(15)6-7-16-11-5-3-4-10(14)8-11/h3-5,8-9,14H,6-7H2,1-2H3,(H,13,15). The van der Waals surface area contributed by atoms with Gasteiger partial charge in [-0.05, 0) is 32.0 Å². The molecule has 0 saturated carbocycles. The minimum absolute atomic E-state index is 0.0719. The Morgan fingerprint density at radius 2 is 2.25 bits per heavy atom. The number of phenolic OH excluding ortho intramolecular Hbond substituents is 1. The van der Waals surface area contributed by atoms with E-state index in [1.54, 1.807) is 30.0 Å². The van der Waals surface area contributed by atoms with E-state index in [1.807, 2.05) is 19.9 Å². The number of phenols is 1. The predicted octanol–water partition coefficient (Wildman–Crippen LogP) is 2.40. The van der Waals surface area contributed by atoms with Gasteiger partial charge in [0.1, 0.15) is 5.75 Å². The topological polar surface area (TPSA) is 49.3 Å². The second-order valence-corrected chi connectivity index (χ2v) is 4.99. The monoisotopic (exact) mass is 239 g/mol. The molecule has 0 heterocycles. The van der Waals surface area contributed by atoms with Gasteiger partial charge in [-0.1, -0.05) is 6.07 Å². The lowest BCUT2D eigenvalue weighted by atomic mass is 10.3. The van der Waals surface area contributed by atoms with Crippen LogP contribution in [0.4, 0.5) is 0 Å².